The Labute approximate surface area is 136 Å². The summed E-state index contributed by atoms with van der Waals surface area (Å²) in [5.74, 6) is 1.000. The fourth-order valence-electron chi connectivity index (χ4n) is 2.98. The molecule has 1 fully saturated rings. The molecule has 118 valence electrons. The van der Waals surface area contributed by atoms with E-state index in [-0.39, 0.29) is 5.91 Å². The largest absolute Gasteiger partial charge is 0.347 e. The smallest absolute Gasteiger partial charge is 0.242 e. The van der Waals surface area contributed by atoms with Gasteiger partial charge in [-0.2, -0.15) is 5.26 Å². The van der Waals surface area contributed by atoms with Crippen molar-refractivity contribution in [2.24, 2.45) is 0 Å². The van der Waals surface area contributed by atoms with Crippen molar-refractivity contribution in [3.8, 4) is 6.07 Å². The maximum absolute atomic E-state index is 12.4. The maximum Gasteiger partial charge on any atom is 0.242 e. The second kappa shape index (κ2) is 6.66. The van der Waals surface area contributed by atoms with Gasteiger partial charge in [0.2, 0.25) is 5.91 Å². The molecule has 5 nitrogen and oxygen atoms in total. The first-order valence-electron chi connectivity index (χ1n) is 8.05. The first-order valence-corrected chi connectivity index (χ1v) is 8.05. The van der Waals surface area contributed by atoms with Crippen LogP contribution in [0, 0.1) is 11.3 Å². The minimum Gasteiger partial charge on any atom is -0.347 e. The minimum atomic E-state index is 0.172. The molecule has 2 heterocycles. The van der Waals surface area contributed by atoms with E-state index in [1.807, 2.05) is 29.2 Å². The highest BCUT2D eigenvalue weighted by molar-refractivity contribution is 5.84. The highest BCUT2D eigenvalue weighted by atomic mass is 16.2. The van der Waals surface area contributed by atoms with Crippen LogP contribution in [0.2, 0.25) is 0 Å². The van der Waals surface area contributed by atoms with E-state index in [9.17, 15) is 4.79 Å². The number of fused-ring (bicyclic) bond motifs is 1. The van der Waals surface area contributed by atoms with Crippen molar-refractivity contribution in [1.82, 2.24) is 9.88 Å². The fraction of sp³-hybridized carbons (Fsp3) is 0.389. The molecule has 3 rings (SSSR count). The van der Waals surface area contributed by atoms with Gasteiger partial charge in [0.25, 0.3) is 0 Å². The topological polar surface area (TPSA) is 60.2 Å². The van der Waals surface area contributed by atoms with E-state index in [1.54, 1.807) is 6.07 Å². The normalized spacial score (nSPS) is 15.6. The van der Waals surface area contributed by atoms with Crippen molar-refractivity contribution >= 4 is 22.6 Å². The zero-order chi connectivity index (χ0) is 16.2. The lowest BCUT2D eigenvalue weighted by Gasteiger charge is -2.22. The predicted molar refractivity (Wildman–Crippen MR) is 90.2 cm³/mol. The lowest BCUT2D eigenvalue weighted by molar-refractivity contribution is -0.129. The van der Waals surface area contributed by atoms with Crippen LogP contribution in [0.3, 0.4) is 0 Å². The maximum atomic E-state index is 12.4. The molecule has 1 saturated heterocycles. The molecule has 1 aliphatic rings. The van der Waals surface area contributed by atoms with Gasteiger partial charge in [-0.05, 0) is 43.2 Å². The number of anilines is 1. The Morgan fingerprint density at radius 3 is 2.91 bits per heavy atom. The second-order valence-corrected chi connectivity index (χ2v) is 5.84. The van der Waals surface area contributed by atoms with Crippen LogP contribution in [0.5, 0.6) is 0 Å². The number of amides is 1. The Hall–Kier alpha value is -2.61. The van der Waals surface area contributed by atoms with Gasteiger partial charge in [0.15, 0.2) is 0 Å². The van der Waals surface area contributed by atoms with Crippen molar-refractivity contribution in [2.45, 2.75) is 19.8 Å². The van der Waals surface area contributed by atoms with Crippen molar-refractivity contribution < 1.29 is 4.79 Å². The van der Waals surface area contributed by atoms with Gasteiger partial charge in [-0.1, -0.05) is 6.92 Å². The molecular formula is C18H20N4O. The monoisotopic (exact) mass is 308 g/mol. The zero-order valence-electron chi connectivity index (χ0n) is 13.3. The molecule has 0 radical (unpaired) electrons. The molecule has 5 heteroatoms. The predicted octanol–water partition coefficient (Wildman–Crippen LogP) is 2.56. The van der Waals surface area contributed by atoms with Gasteiger partial charge in [-0.25, -0.2) is 4.98 Å². The van der Waals surface area contributed by atoms with Gasteiger partial charge in [-0.3, -0.25) is 4.79 Å². The van der Waals surface area contributed by atoms with Crippen molar-refractivity contribution in [3.63, 3.8) is 0 Å². The molecule has 1 aromatic heterocycles. The number of rotatable bonds is 3. The highest BCUT2D eigenvalue weighted by Gasteiger charge is 2.22. The van der Waals surface area contributed by atoms with Gasteiger partial charge < -0.3 is 9.80 Å². The summed E-state index contributed by atoms with van der Waals surface area (Å²) in [7, 11) is 0. The van der Waals surface area contributed by atoms with E-state index in [0.717, 1.165) is 49.2 Å². The lowest BCUT2D eigenvalue weighted by Crippen LogP contribution is -2.37. The standard InChI is InChI=1S/C18H20N4O/c1-2-8-21-9-3-10-22(13-18(21)23)17-7-5-15-11-14(12-19)4-6-16(15)20-17/h4-7,11H,2-3,8-10,13H2,1H3. The summed E-state index contributed by atoms with van der Waals surface area (Å²) in [4.78, 5) is 21.0. The molecule has 0 N–H and O–H groups in total. The molecule has 0 atom stereocenters. The van der Waals surface area contributed by atoms with Gasteiger partial charge >= 0.3 is 0 Å². The van der Waals surface area contributed by atoms with Crippen LogP contribution in [0.25, 0.3) is 10.9 Å². The number of nitrogens with zero attached hydrogens (tertiary/aromatic N) is 4. The first-order chi connectivity index (χ1) is 11.2. The van der Waals surface area contributed by atoms with Crippen LogP contribution < -0.4 is 4.90 Å². The average Bonchev–Trinajstić information content (AvgIpc) is 2.76. The molecule has 1 aromatic carbocycles. The van der Waals surface area contributed by atoms with Crippen molar-refractivity contribution in [2.75, 3.05) is 31.1 Å². The number of hydrogen-bond acceptors (Lipinski definition) is 4. The summed E-state index contributed by atoms with van der Waals surface area (Å²) in [5, 5.41) is 9.91. The summed E-state index contributed by atoms with van der Waals surface area (Å²) >= 11 is 0. The van der Waals surface area contributed by atoms with Gasteiger partial charge in [0.05, 0.1) is 23.7 Å². The molecule has 1 amide bonds. The van der Waals surface area contributed by atoms with Crippen LogP contribution in [-0.4, -0.2) is 42.0 Å². The molecule has 0 bridgehead atoms. The first kappa shape index (κ1) is 15.3. The Kier molecular flexibility index (Phi) is 4.42. The highest BCUT2D eigenvalue weighted by Crippen LogP contribution is 2.20. The molecule has 0 aliphatic carbocycles. The molecule has 0 saturated carbocycles. The number of hydrogen-bond donors (Lipinski definition) is 0. The van der Waals surface area contributed by atoms with Crippen LogP contribution in [0.1, 0.15) is 25.3 Å². The van der Waals surface area contributed by atoms with Gasteiger partial charge in [-0.15, -0.1) is 0 Å². The molecule has 2 aromatic rings. The number of nitriles is 1. The van der Waals surface area contributed by atoms with E-state index in [4.69, 9.17) is 5.26 Å². The molecule has 0 spiro atoms. The van der Waals surface area contributed by atoms with E-state index in [2.05, 4.69) is 22.9 Å². The summed E-state index contributed by atoms with van der Waals surface area (Å²) in [5.41, 5.74) is 1.48. The minimum absolute atomic E-state index is 0.172. The van der Waals surface area contributed by atoms with Gasteiger partial charge in [0, 0.05) is 25.0 Å². The Balaban J connectivity index is 1.85. The number of carbonyl (C=O) groups excluding carboxylic acids is 1. The van der Waals surface area contributed by atoms with Crippen LogP contribution >= 0.6 is 0 Å². The zero-order valence-corrected chi connectivity index (χ0v) is 13.3. The third-order valence-electron chi connectivity index (χ3n) is 4.16. The third kappa shape index (κ3) is 3.26. The number of carbonyl (C=O) groups is 1. The summed E-state index contributed by atoms with van der Waals surface area (Å²) in [6.07, 6.45) is 1.94. The molecule has 1 aliphatic heterocycles. The Morgan fingerprint density at radius 2 is 2.13 bits per heavy atom. The van der Waals surface area contributed by atoms with Crippen molar-refractivity contribution in [1.29, 1.82) is 5.26 Å². The summed E-state index contributed by atoms with van der Waals surface area (Å²) in [6, 6.07) is 11.5. The van der Waals surface area contributed by atoms with Crippen molar-refractivity contribution in [3.05, 3.63) is 35.9 Å². The number of benzene rings is 1. The molecular weight excluding hydrogens is 288 g/mol. The van der Waals surface area contributed by atoms with E-state index >= 15 is 0 Å². The van der Waals surface area contributed by atoms with E-state index in [0.29, 0.717) is 12.1 Å². The average molecular weight is 308 g/mol. The van der Waals surface area contributed by atoms with E-state index < -0.39 is 0 Å². The fourth-order valence-corrected chi connectivity index (χ4v) is 2.98. The Bertz CT molecular complexity index is 765. The number of pyridine rings is 1. The van der Waals surface area contributed by atoms with Gasteiger partial charge in [0.1, 0.15) is 5.82 Å². The molecule has 0 unspecified atom stereocenters. The molecule has 23 heavy (non-hydrogen) atoms. The Morgan fingerprint density at radius 1 is 1.26 bits per heavy atom. The summed E-state index contributed by atoms with van der Waals surface area (Å²) < 4.78 is 0. The van der Waals surface area contributed by atoms with Crippen LogP contribution in [-0.2, 0) is 4.79 Å². The summed E-state index contributed by atoms with van der Waals surface area (Å²) in [6.45, 7) is 4.96. The quantitative estimate of drug-likeness (QED) is 0.874. The second-order valence-electron chi connectivity index (χ2n) is 5.84. The van der Waals surface area contributed by atoms with E-state index in [1.165, 1.54) is 0 Å². The number of aromatic nitrogens is 1. The third-order valence-corrected chi connectivity index (χ3v) is 4.16. The lowest BCUT2D eigenvalue weighted by atomic mass is 10.1. The van der Waals surface area contributed by atoms with Crippen LogP contribution in [0.4, 0.5) is 5.82 Å². The SMILES string of the molecule is CCCN1CCCN(c2ccc3cc(C#N)ccc3n2)CC1=O. The van der Waals surface area contributed by atoms with Crippen LogP contribution in [0.15, 0.2) is 30.3 Å².